The minimum atomic E-state index is 0.0398. The molecule has 27 heavy (non-hydrogen) atoms. The van der Waals surface area contributed by atoms with Crippen LogP contribution in [0.1, 0.15) is 30.8 Å². The molecule has 0 N–H and O–H groups in total. The van der Waals surface area contributed by atoms with E-state index in [0.717, 1.165) is 42.0 Å². The summed E-state index contributed by atoms with van der Waals surface area (Å²) in [5.74, 6) is 3.97. The monoisotopic (exact) mass is 366 g/mol. The predicted molar refractivity (Wildman–Crippen MR) is 106 cm³/mol. The summed E-state index contributed by atoms with van der Waals surface area (Å²) < 4.78 is 11.1. The maximum absolute atomic E-state index is 12.5. The van der Waals surface area contributed by atoms with Gasteiger partial charge in [0.25, 0.3) is 0 Å². The molecule has 0 radical (unpaired) electrons. The van der Waals surface area contributed by atoms with Gasteiger partial charge in [-0.2, -0.15) is 0 Å². The van der Waals surface area contributed by atoms with Gasteiger partial charge in [-0.15, -0.1) is 0 Å². The van der Waals surface area contributed by atoms with Crippen LogP contribution in [0.5, 0.6) is 5.75 Å². The maximum Gasteiger partial charge on any atom is 0.246 e. The fourth-order valence-corrected chi connectivity index (χ4v) is 3.63. The lowest BCUT2D eigenvalue weighted by Crippen LogP contribution is -2.48. The van der Waals surface area contributed by atoms with Gasteiger partial charge in [-0.3, -0.25) is 4.79 Å². The Hall–Kier alpha value is -2.69. The van der Waals surface area contributed by atoms with Crippen molar-refractivity contribution in [1.82, 2.24) is 4.90 Å². The molecule has 0 bridgehead atoms. The molecular weight excluding hydrogens is 340 g/mol. The molecule has 1 aliphatic carbocycles. The summed E-state index contributed by atoms with van der Waals surface area (Å²) in [6, 6.07) is 12.0. The molecule has 5 heteroatoms. The Balaban J connectivity index is 1.31. The van der Waals surface area contributed by atoms with Gasteiger partial charge in [-0.1, -0.05) is 13.0 Å². The Bertz CT molecular complexity index is 834. The third kappa shape index (κ3) is 4.02. The Labute approximate surface area is 160 Å². The summed E-state index contributed by atoms with van der Waals surface area (Å²) >= 11 is 0. The van der Waals surface area contributed by atoms with Crippen molar-refractivity contribution in [3.05, 3.63) is 54.0 Å². The largest absolute Gasteiger partial charge is 0.497 e. The van der Waals surface area contributed by atoms with Crippen molar-refractivity contribution < 1.29 is 13.9 Å². The smallest absolute Gasteiger partial charge is 0.246 e. The topological polar surface area (TPSA) is 45.9 Å². The first kappa shape index (κ1) is 17.7. The fraction of sp³-hybridized carbons (Fsp3) is 0.409. The number of hydrogen-bond donors (Lipinski definition) is 0. The first-order chi connectivity index (χ1) is 13.1. The molecule has 0 spiro atoms. The van der Waals surface area contributed by atoms with Crippen molar-refractivity contribution in [1.29, 1.82) is 0 Å². The zero-order chi connectivity index (χ0) is 18.8. The molecule has 2 atom stereocenters. The van der Waals surface area contributed by atoms with Crippen LogP contribution in [0.25, 0.3) is 6.08 Å². The second kappa shape index (κ2) is 7.51. The molecule has 2 aliphatic rings. The minimum Gasteiger partial charge on any atom is -0.497 e. The van der Waals surface area contributed by atoms with Crippen molar-refractivity contribution in [3.8, 4) is 5.75 Å². The van der Waals surface area contributed by atoms with Crippen LogP contribution in [0.15, 0.2) is 46.9 Å². The highest BCUT2D eigenvalue weighted by atomic mass is 16.5. The molecule has 142 valence electrons. The van der Waals surface area contributed by atoms with Crippen LogP contribution in [-0.2, 0) is 4.79 Å². The number of anilines is 1. The second-order valence-corrected chi connectivity index (χ2v) is 7.41. The van der Waals surface area contributed by atoms with Crippen LogP contribution in [0.3, 0.4) is 0 Å². The van der Waals surface area contributed by atoms with Gasteiger partial charge >= 0.3 is 0 Å². The molecule has 5 nitrogen and oxygen atoms in total. The van der Waals surface area contributed by atoms with E-state index >= 15 is 0 Å². The van der Waals surface area contributed by atoms with Crippen molar-refractivity contribution >= 4 is 17.7 Å². The maximum atomic E-state index is 12.5. The van der Waals surface area contributed by atoms with Gasteiger partial charge in [0.1, 0.15) is 17.3 Å². The molecule has 2 unspecified atom stereocenters. The van der Waals surface area contributed by atoms with E-state index in [4.69, 9.17) is 9.15 Å². The van der Waals surface area contributed by atoms with E-state index in [-0.39, 0.29) is 5.91 Å². The van der Waals surface area contributed by atoms with Crippen LogP contribution in [0.4, 0.5) is 5.69 Å². The summed E-state index contributed by atoms with van der Waals surface area (Å²) in [6.07, 6.45) is 4.61. The number of methoxy groups -OCH3 is 1. The lowest BCUT2D eigenvalue weighted by Gasteiger charge is -2.35. The highest BCUT2D eigenvalue weighted by Gasteiger charge is 2.36. The van der Waals surface area contributed by atoms with Gasteiger partial charge in [-0.25, -0.2) is 0 Å². The molecule has 2 fully saturated rings. The summed E-state index contributed by atoms with van der Waals surface area (Å²) in [7, 11) is 1.68. The molecule has 2 heterocycles. The molecule has 1 saturated heterocycles. The third-order valence-corrected chi connectivity index (χ3v) is 5.52. The summed E-state index contributed by atoms with van der Waals surface area (Å²) in [6.45, 7) is 5.29. The highest BCUT2D eigenvalue weighted by Crippen LogP contribution is 2.47. The van der Waals surface area contributed by atoms with Crippen molar-refractivity contribution in [2.75, 3.05) is 38.2 Å². The number of amides is 1. The summed E-state index contributed by atoms with van der Waals surface area (Å²) in [5.41, 5.74) is 1.13. The Kier molecular flexibility index (Phi) is 4.92. The van der Waals surface area contributed by atoms with Gasteiger partial charge in [0.05, 0.1) is 7.11 Å². The van der Waals surface area contributed by atoms with E-state index in [0.29, 0.717) is 19.0 Å². The molecule has 1 saturated carbocycles. The normalized spacial score (nSPS) is 22.3. The molecule has 1 amide bonds. The van der Waals surface area contributed by atoms with Crippen LogP contribution < -0.4 is 9.64 Å². The quantitative estimate of drug-likeness (QED) is 0.756. The van der Waals surface area contributed by atoms with E-state index in [2.05, 4.69) is 17.9 Å². The Morgan fingerprint density at radius 3 is 2.67 bits per heavy atom. The first-order valence-electron chi connectivity index (χ1n) is 9.60. The van der Waals surface area contributed by atoms with Crippen LogP contribution >= 0.6 is 0 Å². The van der Waals surface area contributed by atoms with E-state index in [1.54, 1.807) is 19.3 Å². The number of ether oxygens (including phenoxy) is 1. The van der Waals surface area contributed by atoms with Crippen LogP contribution in [-0.4, -0.2) is 44.1 Å². The molecule has 2 aromatic rings. The van der Waals surface area contributed by atoms with Crippen molar-refractivity contribution in [2.24, 2.45) is 5.92 Å². The lowest BCUT2D eigenvalue weighted by molar-refractivity contribution is -0.126. The number of rotatable bonds is 5. The standard InChI is InChI=1S/C22H26N2O3/c1-16-14-20(16)21-8-6-18(27-21)7-9-22(25)24-12-10-23(11-13-24)17-4-3-5-19(15-17)26-2/h3-9,15-16,20H,10-14H2,1-2H3/b9-7+. The summed E-state index contributed by atoms with van der Waals surface area (Å²) in [5, 5.41) is 0. The number of nitrogens with zero attached hydrogens (tertiary/aromatic N) is 2. The number of furan rings is 1. The van der Waals surface area contributed by atoms with Crippen LogP contribution in [0, 0.1) is 5.92 Å². The average molecular weight is 366 g/mol. The van der Waals surface area contributed by atoms with E-state index < -0.39 is 0 Å². The Morgan fingerprint density at radius 2 is 1.96 bits per heavy atom. The van der Waals surface area contributed by atoms with E-state index in [9.17, 15) is 4.79 Å². The lowest BCUT2D eigenvalue weighted by atomic mass is 10.2. The zero-order valence-electron chi connectivity index (χ0n) is 15.9. The molecular formula is C22H26N2O3. The SMILES string of the molecule is COc1cccc(N2CCN(C(=O)/C=C/c3ccc(C4CC4C)o3)CC2)c1. The number of benzene rings is 1. The van der Waals surface area contributed by atoms with Crippen LogP contribution in [0.2, 0.25) is 0 Å². The van der Waals surface area contributed by atoms with Gasteiger partial charge in [0, 0.05) is 49.9 Å². The minimum absolute atomic E-state index is 0.0398. The van der Waals surface area contributed by atoms with Gasteiger partial charge < -0.3 is 19.0 Å². The van der Waals surface area contributed by atoms with Crippen molar-refractivity contribution in [2.45, 2.75) is 19.3 Å². The highest BCUT2D eigenvalue weighted by molar-refractivity contribution is 5.91. The number of carbonyl (C=O) groups excluding carboxylic acids is 1. The Morgan fingerprint density at radius 1 is 1.19 bits per heavy atom. The second-order valence-electron chi connectivity index (χ2n) is 7.41. The molecule has 1 aromatic heterocycles. The third-order valence-electron chi connectivity index (χ3n) is 5.52. The first-order valence-corrected chi connectivity index (χ1v) is 9.60. The molecule has 1 aliphatic heterocycles. The van der Waals surface area contributed by atoms with E-state index in [1.165, 1.54) is 6.42 Å². The predicted octanol–water partition coefficient (Wildman–Crippen LogP) is 3.77. The molecule has 1 aromatic carbocycles. The number of carbonyl (C=O) groups is 1. The number of piperazine rings is 1. The van der Waals surface area contributed by atoms with Gasteiger partial charge in [-0.05, 0) is 42.7 Å². The van der Waals surface area contributed by atoms with Crippen molar-refractivity contribution in [3.63, 3.8) is 0 Å². The summed E-state index contributed by atoms with van der Waals surface area (Å²) in [4.78, 5) is 16.7. The average Bonchev–Trinajstić information content (AvgIpc) is 3.26. The van der Waals surface area contributed by atoms with E-state index in [1.807, 2.05) is 35.2 Å². The fourth-order valence-electron chi connectivity index (χ4n) is 3.63. The zero-order valence-corrected chi connectivity index (χ0v) is 15.9. The van der Waals surface area contributed by atoms with Gasteiger partial charge in [0.15, 0.2) is 0 Å². The number of hydrogen-bond acceptors (Lipinski definition) is 4. The molecule has 4 rings (SSSR count). The van der Waals surface area contributed by atoms with Gasteiger partial charge in [0.2, 0.25) is 5.91 Å².